The van der Waals surface area contributed by atoms with Crippen LogP contribution in [0.15, 0.2) is 18.2 Å². The van der Waals surface area contributed by atoms with E-state index in [1.807, 2.05) is 0 Å². The predicted molar refractivity (Wildman–Crippen MR) is 60.1 cm³/mol. The molecule has 0 spiro atoms. The summed E-state index contributed by atoms with van der Waals surface area (Å²) < 4.78 is 4.43. The average Bonchev–Trinajstić information content (AvgIpc) is 2.30. The number of alkyl halides is 1. The normalized spacial score (nSPS) is 11.9. The Kier molecular flexibility index (Phi) is 4.28. The zero-order chi connectivity index (χ0) is 13.0. The summed E-state index contributed by atoms with van der Waals surface area (Å²) in [5.74, 6) is -1.04. The number of phenols is 1. The third-order valence-electron chi connectivity index (χ3n) is 2.11. The number of nitrogens with zero attached hydrogens (tertiary/aromatic N) is 1. The topological polar surface area (TPSA) is 89.7 Å². The zero-order valence-electron chi connectivity index (χ0n) is 8.92. The van der Waals surface area contributed by atoms with Gasteiger partial charge in [-0.1, -0.05) is 6.07 Å². The van der Waals surface area contributed by atoms with E-state index in [4.69, 9.17) is 11.6 Å². The number of nitro groups is 1. The molecular weight excluding hydrogens is 250 g/mol. The van der Waals surface area contributed by atoms with Crippen LogP contribution in [0, 0.1) is 10.1 Å². The molecule has 0 aliphatic rings. The number of halogens is 1. The minimum Gasteiger partial charge on any atom is -0.502 e. The van der Waals surface area contributed by atoms with E-state index in [0.29, 0.717) is 5.56 Å². The van der Waals surface area contributed by atoms with Gasteiger partial charge in [-0.25, -0.2) is 0 Å². The highest BCUT2D eigenvalue weighted by Crippen LogP contribution is 2.27. The third kappa shape index (κ3) is 3.32. The van der Waals surface area contributed by atoms with E-state index in [1.54, 1.807) is 0 Å². The molecule has 1 rings (SSSR count). The fourth-order valence-electron chi connectivity index (χ4n) is 1.26. The van der Waals surface area contributed by atoms with Crippen LogP contribution in [0.3, 0.4) is 0 Å². The summed E-state index contributed by atoms with van der Waals surface area (Å²) in [5.41, 5.74) is 0.0520. The van der Waals surface area contributed by atoms with Crippen LogP contribution in [0.4, 0.5) is 5.69 Å². The number of phenolic OH excluding ortho intramolecular Hbond substituents is 1. The molecule has 0 saturated heterocycles. The van der Waals surface area contributed by atoms with Gasteiger partial charge < -0.3 is 9.84 Å². The molecule has 0 unspecified atom stereocenters. The van der Waals surface area contributed by atoms with Crippen molar-refractivity contribution in [1.82, 2.24) is 0 Å². The Hall–Kier alpha value is -1.82. The molecule has 0 heterocycles. The number of esters is 1. The van der Waals surface area contributed by atoms with Crippen molar-refractivity contribution in [3.8, 4) is 5.75 Å². The van der Waals surface area contributed by atoms with Gasteiger partial charge in [-0.05, 0) is 18.1 Å². The van der Waals surface area contributed by atoms with Crippen molar-refractivity contribution in [2.75, 3.05) is 7.11 Å². The van der Waals surface area contributed by atoms with Crippen LogP contribution in [-0.4, -0.2) is 28.5 Å². The molecule has 6 nitrogen and oxygen atoms in total. The van der Waals surface area contributed by atoms with Crippen molar-refractivity contribution < 1.29 is 19.6 Å². The highest BCUT2D eigenvalue weighted by Gasteiger charge is 2.19. The zero-order valence-corrected chi connectivity index (χ0v) is 9.68. The molecule has 0 aliphatic heterocycles. The minimum absolute atomic E-state index is 0.0926. The largest absolute Gasteiger partial charge is 0.502 e. The van der Waals surface area contributed by atoms with E-state index in [1.165, 1.54) is 25.3 Å². The van der Waals surface area contributed by atoms with Crippen LogP contribution in [0.25, 0.3) is 0 Å². The first kappa shape index (κ1) is 13.2. The predicted octanol–water partition coefficient (Wildman–Crippen LogP) is 1.62. The number of benzene rings is 1. The molecule has 1 aromatic rings. The number of carbonyl (C=O) groups is 1. The van der Waals surface area contributed by atoms with Gasteiger partial charge in [0.05, 0.1) is 12.0 Å². The van der Waals surface area contributed by atoms with Crippen molar-refractivity contribution in [2.45, 2.75) is 11.8 Å². The Morgan fingerprint density at radius 2 is 2.29 bits per heavy atom. The molecule has 1 aromatic carbocycles. The Balaban J connectivity index is 2.90. The number of aromatic hydroxyl groups is 1. The molecule has 7 heteroatoms. The maximum Gasteiger partial charge on any atom is 0.324 e. The third-order valence-corrected chi connectivity index (χ3v) is 2.44. The van der Waals surface area contributed by atoms with Crippen LogP contribution in [0.2, 0.25) is 0 Å². The van der Waals surface area contributed by atoms with E-state index in [9.17, 15) is 20.0 Å². The number of nitro benzene ring substituents is 1. The molecule has 0 radical (unpaired) electrons. The standard InChI is InChI=1S/C10H10ClNO5/c1-17-10(14)7(11)4-6-2-3-9(13)8(5-6)12(15)16/h2-3,5,7,13H,4H2,1H3/t7-/m1/s1. The first-order valence-corrected chi connectivity index (χ1v) is 5.07. The fourth-order valence-corrected chi connectivity index (χ4v) is 1.53. The lowest BCUT2D eigenvalue weighted by Gasteiger charge is -2.07. The molecule has 0 saturated carbocycles. The minimum atomic E-state index is -0.913. The van der Waals surface area contributed by atoms with Crippen molar-refractivity contribution in [2.24, 2.45) is 0 Å². The first-order chi connectivity index (χ1) is 7.95. The van der Waals surface area contributed by atoms with Crippen LogP contribution < -0.4 is 0 Å². The van der Waals surface area contributed by atoms with Gasteiger partial charge in [0.25, 0.3) is 0 Å². The van der Waals surface area contributed by atoms with Crippen molar-refractivity contribution in [3.63, 3.8) is 0 Å². The highest BCUT2D eigenvalue weighted by atomic mass is 35.5. The summed E-state index contributed by atoms with van der Waals surface area (Å²) in [6.45, 7) is 0. The SMILES string of the molecule is COC(=O)[C@H](Cl)Cc1ccc(O)c([N+](=O)[O-])c1. The first-order valence-electron chi connectivity index (χ1n) is 4.64. The summed E-state index contributed by atoms with van der Waals surface area (Å²) in [6, 6.07) is 3.82. The van der Waals surface area contributed by atoms with E-state index < -0.39 is 27.7 Å². The van der Waals surface area contributed by atoms with Gasteiger partial charge in [-0.15, -0.1) is 11.6 Å². The number of carbonyl (C=O) groups excluding carboxylic acids is 1. The summed E-state index contributed by atoms with van der Waals surface area (Å²) in [4.78, 5) is 20.9. The Labute approximate surface area is 102 Å². The lowest BCUT2D eigenvalue weighted by Crippen LogP contribution is -2.18. The van der Waals surface area contributed by atoms with Crippen LogP contribution in [0.1, 0.15) is 5.56 Å². The molecule has 0 bridgehead atoms. The number of hydrogen-bond acceptors (Lipinski definition) is 5. The molecule has 0 fully saturated rings. The van der Waals surface area contributed by atoms with E-state index >= 15 is 0 Å². The summed E-state index contributed by atoms with van der Waals surface area (Å²) in [7, 11) is 1.21. The summed E-state index contributed by atoms with van der Waals surface area (Å²) >= 11 is 5.73. The Morgan fingerprint density at radius 1 is 1.65 bits per heavy atom. The fraction of sp³-hybridized carbons (Fsp3) is 0.300. The van der Waals surface area contributed by atoms with Gasteiger partial charge in [0.1, 0.15) is 5.38 Å². The molecule has 0 amide bonds. The highest BCUT2D eigenvalue weighted by molar-refractivity contribution is 6.30. The maximum absolute atomic E-state index is 11.1. The van der Waals surface area contributed by atoms with Crippen LogP contribution in [-0.2, 0) is 16.0 Å². The van der Waals surface area contributed by atoms with Crippen LogP contribution in [0.5, 0.6) is 5.75 Å². The smallest absolute Gasteiger partial charge is 0.324 e. The summed E-state index contributed by atoms with van der Waals surface area (Å²) in [6.07, 6.45) is 0.0926. The van der Waals surface area contributed by atoms with Crippen LogP contribution >= 0.6 is 11.6 Å². The molecular formula is C10H10ClNO5. The lowest BCUT2D eigenvalue weighted by atomic mass is 10.1. The van der Waals surface area contributed by atoms with Crippen molar-refractivity contribution in [1.29, 1.82) is 0 Å². The van der Waals surface area contributed by atoms with E-state index in [0.717, 1.165) is 0 Å². The lowest BCUT2D eigenvalue weighted by molar-refractivity contribution is -0.385. The molecule has 17 heavy (non-hydrogen) atoms. The number of rotatable bonds is 4. The number of ether oxygens (including phenoxy) is 1. The van der Waals surface area contributed by atoms with Gasteiger partial charge in [0.15, 0.2) is 5.75 Å². The quantitative estimate of drug-likeness (QED) is 0.384. The van der Waals surface area contributed by atoms with Gasteiger partial charge in [-0.2, -0.15) is 0 Å². The molecule has 92 valence electrons. The molecule has 1 atom stereocenters. The van der Waals surface area contributed by atoms with Gasteiger partial charge in [0.2, 0.25) is 0 Å². The second kappa shape index (κ2) is 5.49. The molecule has 0 aliphatic carbocycles. The van der Waals surface area contributed by atoms with E-state index in [-0.39, 0.29) is 6.42 Å². The number of methoxy groups -OCH3 is 1. The second-order valence-corrected chi connectivity index (χ2v) is 3.80. The summed E-state index contributed by atoms with van der Waals surface area (Å²) in [5, 5.41) is 18.9. The van der Waals surface area contributed by atoms with Crippen molar-refractivity contribution >= 4 is 23.3 Å². The Morgan fingerprint density at radius 3 is 2.82 bits per heavy atom. The van der Waals surface area contributed by atoms with E-state index in [2.05, 4.69) is 4.74 Å². The van der Waals surface area contributed by atoms with Crippen molar-refractivity contribution in [3.05, 3.63) is 33.9 Å². The monoisotopic (exact) mass is 259 g/mol. The Bertz CT molecular complexity index is 448. The molecule has 0 aromatic heterocycles. The second-order valence-electron chi connectivity index (χ2n) is 3.27. The number of hydrogen-bond donors (Lipinski definition) is 1. The van der Waals surface area contributed by atoms with Gasteiger partial charge >= 0.3 is 11.7 Å². The van der Waals surface area contributed by atoms with Gasteiger partial charge in [0, 0.05) is 6.07 Å². The molecule has 1 N–H and O–H groups in total. The van der Waals surface area contributed by atoms with Gasteiger partial charge in [-0.3, -0.25) is 14.9 Å². The maximum atomic E-state index is 11.1. The average molecular weight is 260 g/mol.